The van der Waals surface area contributed by atoms with Crippen molar-refractivity contribution in [2.45, 2.75) is 6.18 Å². The van der Waals surface area contributed by atoms with Crippen molar-refractivity contribution in [2.75, 3.05) is 5.32 Å². The van der Waals surface area contributed by atoms with Crippen LogP contribution in [0.5, 0.6) is 0 Å². The van der Waals surface area contributed by atoms with Crippen LogP contribution in [0, 0.1) is 30.3 Å². The molecule has 0 unspecified atom stereocenters. The second-order valence-electron chi connectivity index (χ2n) is 4.94. The average Bonchev–Trinajstić information content (AvgIpc) is 2.54. The first-order valence-corrected chi connectivity index (χ1v) is 7.04. The number of alkyl halides is 3. The molecule has 0 spiro atoms. The van der Waals surface area contributed by atoms with Gasteiger partial charge < -0.3 is 5.32 Å². The third-order valence-electron chi connectivity index (χ3n) is 3.23. The Kier molecular flexibility index (Phi) is 5.16. The van der Waals surface area contributed by atoms with Crippen molar-refractivity contribution >= 4 is 40.0 Å². The lowest BCUT2D eigenvalue weighted by molar-refractivity contribution is -0.394. The smallest absolute Gasteiger partial charge is 0.344 e. The molecule has 0 aliphatic rings. The number of nitro benzene ring substituents is 3. The Balaban J connectivity index is 2.78. The van der Waals surface area contributed by atoms with Crippen LogP contribution >= 0.6 is 11.6 Å². The first-order chi connectivity index (χ1) is 12.4. The third kappa shape index (κ3) is 4.20. The number of non-ortho nitro benzene ring substituents is 1. The molecule has 0 bridgehead atoms. The lowest BCUT2D eigenvalue weighted by Crippen LogP contribution is -2.12. The first kappa shape index (κ1) is 19.8. The van der Waals surface area contributed by atoms with Crippen molar-refractivity contribution in [3.63, 3.8) is 0 Å². The van der Waals surface area contributed by atoms with E-state index in [0.717, 1.165) is 18.2 Å². The second kappa shape index (κ2) is 7.03. The molecule has 2 rings (SSSR count). The highest BCUT2D eigenvalue weighted by Gasteiger charge is 2.40. The maximum Gasteiger partial charge on any atom is 0.418 e. The van der Waals surface area contributed by atoms with Crippen molar-refractivity contribution in [1.82, 2.24) is 0 Å². The first-order valence-electron chi connectivity index (χ1n) is 6.66. The van der Waals surface area contributed by atoms with E-state index < -0.39 is 54.9 Å². The highest BCUT2D eigenvalue weighted by Crippen LogP contribution is 2.44. The molecule has 27 heavy (non-hydrogen) atoms. The number of nitrogens with zero attached hydrogens (tertiary/aromatic N) is 3. The molecule has 142 valence electrons. The molecule has 2 aromatic carbocycles. The fraction of sp³-hybridized carbons (Fsp3) is 0.0769. The Morgan fingerprint density at radius 1 is 0.889 bits per heavy atom. The summed E-state index contributed by atoms with van der Waals surface area (Å²) < 4.78 is 40.0. The minimum atomic E-state index is -5.22. The fourth-order valence-electron chi connectivity index (χ4n) is 2.11. The summed E-state index contributed by atoms with van der Waals surface area (Å²) in [4.78, 5) is 29.6. The molecule has 0 heterocycles. The largest absolute Gasteiger partial charge is 0.418 e. The molecule has 10 nitrogen and oxygen atoms in total. The van der Waals surface area contributed by atoms with Crippen LogP contribution in [-0.2, 0) is 6.18 Å². The van der Waals surface area contributed by atoms with E-state index in [0.29, 0.717) is 6.07 Å². The maximum absolute atomic E-state index is 13.3. The standard InChI is InChI=1S/C13H6ClF3N4O6/c14-6-1-2-9(10(3-6)20(24)25)18-12-8(13(15,16)17)4-7(19(22)23)5-11(12)21(26)27/h1-5,18H. The van der Waals surface area contributed by atoms with Gasteiger partial charge in [0.25, 0.3) is 17.1 Å². The monoisotopic (exact) mass is 406 g/mol. The number of hydrogen-bond acceptors (Lipinski definition) is 7. The van der Waals surface area contributed by atoms with Crippen LogP contribution in [0.1, 0.15) is 5.56 Å². The van der Waals surface area contributed by atoms with Gasteiger partial charge in [-0.05, 0) is 12.1 Å². The fourth-order valence-corrected chi connectivity index (χ4v) is 2.28. The van der Waals surface area contributed by atoms with E-state index in [1.807, 2.05) is 5.32 Å². The molecule has 0 aliphatic carbocycles. The molecular formula is C13H6ClF3N4O6. The minimum Gasteiger partial charge on any atom is -0.344 e. The number of nitrogens with one attached hydrogen (secondary N) is 1. The summed E-state index contributed by atoms with van der Waals surface area (Å²) in [5.74, 6) is 0. The average molecular weight is 407 g/mol. The molecule has 0 saturated heterocycles. The molecule has 0 radical (unpaired) electrons. The number of rotatable bonds is 5. The predicted molar refractivity (Wildman–Crippen MR) is 86.1 cm³/mol. The van der Waals surface area contributed by atoms with Gasteiger partial charge in [-0.2, -0.15) is 13.2 Å². The summed E-state index contributed by atoms with van der Waals surface area (Å²) in [6.07, 6.45) is -5.22. The molecule has 0 atom stereocenters. The number of benzene rings is 2. The lowest BCUT2D eigenvalue weighted by Gasteiger charge is -2.15. The zero-order chi connectivity index (χ0) is 20.5. The van der Waals surface area contributed by atoms with E-state index in [1.54, 1.807) is 0 Å². The highest BCUT2D eigenvalue weighted by molar-refractivity contribution is 6.30. The second-order valence-corrected chi connectivity index (χ2v) is 5.38. The normalized spacial score (nSPS) is 11.1. The predicted octanol–water partition coefficient (Wildman–Crippen LogP) is 4.83. The quantitative estimate of drug-likeness (QED) is 0.553. The van der Waals surface area contributed by atoms with Gasteiger partial charge in [-0.25, -0.2) is 0 Å². The Labute approximate surface area is 151 Å². The van der Waals surface area contributed by atoms with Gasteiger partial charge in [0.05, 0.1) is 26.4 Å². The molecule has 0 fully saturated rings. The number of anilines is 2. The molecule has 0 saturated carbocycles. The Hall–Kier alpha value is -3.48. The van der Waals surface area contributed by atoms with E-state index >= 15 is 0 Å². The molecule has 0 aliphatic heterocycles. The van der Waals surface area contributed by atoms with Gasteiger partial charge in [0.15, 0.2) is 0 Å². The van der Waals surface area contributed by atoms with Gasteiger partial charge in [0.2, 0.25) is 0 Å². The third-order valence-corrected chi connectivity index (χ3v) is 3.47. The summed E-state index contributed by atoms with van der Waals surface area (Å²) in [6, 6.07) is 3.30. The van der Waals surface area contributed by atoms with Crippen LogP contribution in [0.2, 0.25) is 5.02 Å². The van der Waals surface area contributed by atoms with E-state index in [-0.39, 0.29) is 11.1 Å². The SMILES string of the molecule is O=[N+]([O-])c1cc([N+](=O)[O-])c(Nc2ccc(Cl)cc2[N+](=O)[O-])c(C(F)(F)F)c1. The van der Waals surface area contributed by atoms with Crippen LogP contribution in [0.4, 0.5) is 41.6 Å². The number of halogens is 4. The van der Waals surface area contributed by atoms with Crippen molar-refractivity contribution in [1.29, 1.82) is 0 Å². The number of nitro groups is 3. The Morgan fingerprint density at radius 2 is 1.48 bits per heavy atom. The van der Waals surface area contributed by atoms with E-state index in [1.165, 1.54) is 0 Å². The van der Waals surface area contributed by atoms with Crippen molar-refractivity contribution in [3.8, 4) is 0 Å². The molecule has 14 heteroatoms. The van der Waals surface area contributed by atoms with Crippen LogP contribution in [0.25, 0.3) is 0 Å². The summed E-state index contributed by atoms with van der Waals surface area (Å²) in [7, 11) is 0. The zero-order valence-electron chi connectivity index (χ0n) is 12.7. The molecule has 0 amide bonds. The van der Waals surface area contributed by atoms with Crippen LogP contribution in [0.15, 0.2) is 30.3 Å². The van der Waals surface area contributed by atoms with E-state index in [2.05, 4.69) is 0 Å². The maximum atomic E-state index is 13.3. The molecule has 2 aromatic rings. The topological polar surface area (TPSA) is 141 Å². The van der Waals surface area contributed by atoms with Gasteiger partial charge in [-0.3, -0.25) is 30.3 Å². The van der Waals surface area contributed by atoms with Crippen LogP contribution in [-0.4, -0.2) is 14.8 Å². The molecular weight excluding hydrogens is 401 g/mol. The van der Waals surface area contributed by atoms with Crippen molar-refractivity contribution in [3.05, 3.63) is 71.3 Å². The summed E-state index contributed by atoms with van der Waals surface area (Å²) in [6.45, 7) is 0. The van der Waals surface area contributed by atoms with Gasteiger partial charge >= 0.3 is 6.18 Å². The van der Waals surface area contributed by atoms with Gasteiger partial charge in [0, 0.05) is 17.2 Å². The van der Waals surface area contributed by atoms with Crippen molar-refractivity contribution in [2.24, 2.45) is 0 Å². The van der Waals surface area contributed by atoms with Gasteiger partial charge in [-0.15, -0.1) is 0 Å². The Morgan fingerprint density at radius 3 is 1.96 bits per heavy atom. The van der Waals surface area contributed by atoms with E-state index in [4.69, 9.17) is 11.6 Å². The summed E-state index contributed by atoms with van der Waals surface area (Å²) in [5.41, 5.74) is -6.61. The van der Waals surface area contributed by atoms with Crippen LogP contribution < -0.4 is 5.32 Å². The van der Waals surface area contributed by atoms with Gasteiger partial charge in [0.1, 0.15) is 11.4 Å². The van der Waals surface area contributed by atoms with E-state index in [9.17, 15) is 43.5 Å². The van der Waals surface area contributed by atoms with Crippen molar-refractivity contribution < 1.29 is 27.9 Å². The van der Waals surface area contributed by atoms with Gasteiger partial charge in [-0.1, -0.05) is 11.6 Å². The highest BCUT2D eigenvalue weighted by atomic mass is 35.5. The number of hydrogen-bond donors (Lipinski definition) is 1. The summed E-state index contributed by atoms with van der Waals surface area (Å²) in [5, 5.41) is 34.9. The van der Waals surface area contributed by atoms with Crippen LogP contribution in [0.3, 0.4) is 0 Å². The summed E-state index contributed by atoms with van der Waals surface area (Å²) >= 11 is 5.61. The molecule has 1 N–H and O–H groups in total. The zero-order valence-corrected chi connectivity index (χ0v) is 13.4. The Bertz CT molecular complexity index is 966. The molecule has 0 aromatic heterocycles. The minimum absolute atomic E-state index is 0.0943. The lowest BCUT2D eigenvalue weighted by atomic mass is 10.1.